The number of carbonyl (C=O) groups excluding carboxylic acids is 4. The molecule has 1 aromatic heterocycles. The Balaban J connectivity index is 1.57. The van der Waals surface area contributed by atoms with Crippen molar-refractivity contribution in [3.8, 4) is 0 Å². The molecule has 0 radical (unpaired) electrons. The van der Waals surface area contributed by atoms with E-state index in [1.165, 1.54) is 18.3 Å². The minimum atomic E-state index is -1.16. The van der Waals surface area contributed by atoms with Crippen LogP contribution in [0.5, 0.6) is 0 Å². The predicted octanol–water partition coefficient (Wildman–Crippen LogP) is 4.94. The number of fused-ring (bicyclic) bond motifs is 3. The number of ketones is 2. The quantitative estimate of drug-likeness (QED) is 0.326. The summed E-state index contributed by atoms with van der Waals surface area (Å²) in [5, 5.41) is 1.83. The largest absolute Gasteiger partial charge is 0.465 e. The van der Waals surface area contributed by atoms with Gasteiger partial charge >= 0.3 is 11.9 Å². The molecular formula is C28H32O6S. The van der Waals surface area contributed by atoms with Crippen LogP contribution in [0.3, 0.4) is 0 Å². The first-order valence-corrected chi connectivity index (χ1v) is 13.3. The molecule has 5 aliphatic rings. The van der Waals surface area contributed by atoms with Gasteiger partial charge in [0.15, 0.2) is 11.6 Å². The average molecular weight is 497 g/mol. The van der Waals surface area contributed by atoms with Gasteiger partial charge in [0, 0.05) is 23.7 Å². The molecule has 35 heavy (non-hydrogen) atoms. The Bertz CT molecular complexity index is 1130. The van der Waals surface area contributed by atoms with Crippen molar-refractivity contribution in [1.82, 2.24) is 0 Å². The van der Waals surface area contributed by atoms with Crippen molar-refractivity contribution in [3.63, 3.8) is 0 Å². The SMILES string of the molecule is C=C1C(=O)C23CC[C@@H](CC2C2(COC(C)=O)CCCC(C)(COC(=O)c4cccs4)C12)C(=C)C3=O. The molecule has 2 bridgehead atoms. The van der Waals surface area contributed by atoms with Gasteiger partial charge in [-0.15, -0.1) is 11.3 Å². The second kappa shape index (κ2) is 8.26. The molecule has 5 fully saturated rings. The van der Waals surface area contributed by atoms with Gasteiger partial charge in [0.25, 0.3) is 0 Å². The van der Waals surface area contributed by atoms with Gasteiger partial charge < -0.3 is 9.47 Å². The molecule has 0 N–H and O–H groups in total. The predicted molar refractivity (Wildman–Crippen MR) is 131 cm³/mol. The summed E-state index contributed by atoms with van der Waals surface area (Å²) in [5.74, 6) is -1.66. The van der Waals surface area contributed by atoms with Gasteiger partial charge in [-0.05, 0) is 66.5 Å². The third-order valence-electron chi connectivity index (χ3n) is 9.39. The molecule has 0 amide bonds. The van der Waals surface area contributed by atoms with Crippen LogP contribution in [-0.4, -0.2) is 36.7 Å². The van der Waals surface area contributed by atoms with Gasteiger partial charge in [0.1, 0.15) is 4.88 Å². The zero-order chi connectivity index (χ0) is 25.2. The van der Waals surface area contributed by atoms with Crippen LogP contribution in [0.4, 0.5) is 0 Å². The van der Waals surface area contributed by atoms with Gasteiger partial charge in [0.05, 0.1) is 18.6 Å². The second-order valence-corrected chi connectivity index (χ2v) is 12.2. The number of thiophene rings is 1. The first kappa shape index (κ1) is 24.2. The summed E-state index contributed by atoms with van der Waals surface area (Å²) in [5.41, 5.74) is -1.39. The zero-order valence-corrected chi connectivity index (χ0v) is 21.2. The van der Waals surface area contributed by atoms with Crippen LogP contribution in [0.15, 0.2) is 41.8 Å². The summed E-state index contributed by atoms with van der Waals surface area (Å²) < 4.78 is 11.5. The van der Waals surface area contributed by atoms with E-state index >= 15 is 0 Å². The lowest BCUT2D eigenvalue weighted by Gasteiger charge is -2.67. The van der Waals surface area contributed by atoms with Crippen LogP contribution in [0, 0.1) is 34.0 Å². The molecule has 1 aromatic rings. The molecule has 5 aliphatic carbocycles. The molecule has 1 heterocycles. The van der Waals surface area contributed by atoms with Crippen LogP contribution >= 0.6 is 11.3 Å². The molecule has 7 heteroatoms. The van der Waals surface area contributed by atoms with E-state index in [0.717, 1.165) is 25.7 Å². The molecule has 5 unspecified atom stereocenters. The normalized spacial score (nSPS) is 38.1. The van der Waals surface area contributed by atoms with Gasteiger partial charge in [-0.1, -0.05) is 32.6 Å². The highest BCUT2D eigenvalue weighted by atomic mass is 32.1. The van der Waals surface area contributed by atoms with E-state index in [1.54, 1.807) is 12.1 Å². The summed E-state index contributed by atoms with van der Waals surface area (Å²) in [6, 6.07) is 3.53. The molecule has 0 aliphatic heterocycles. The monoisotopic (exact) mass is 496 g/mol. The van der Waals surface area contributed by atoms with Crippen molar-refractivity contribution >= 4 is 34.8 Å². The van der Waals surface area contributed by atoms with E-state index in [4.69, 9.17) is 9.47 Å². The highest BCUT2D eigenvalue weighted by molar-refractivity contribution is 7.11. The standard InChI is InChI=1S/C28H32O6S/c1-16-19-8-11-28(23(16)30)21(13-19)27(15-33-18(3)29)10-6-9-26(4,22(27)17(2)24(28)31)14-34-25(32)20-7-5-12-35-20/h5,7,12,19,21-22H,1-2,6,8-11,13-15H2,3-4H3/t19-,21?,22?,26?,27?,28?/m0/s1. The molecule has 5 saturated carbocycles. The lowest BCUT2D eigenvalue weighted by Crippen LogP contribution is -2.69. The Morgan fingerprint density at radius 1 is 1.09 bits per heavy atom. The lowest BCUT2D eigenvalue weighted by molar-refractivity contribution is -0.193. The van der Waals surface area contributed by atoms with Gasteiger partial charge in [0.2, 0.25) is 0 Å². The van der Waals surface area contributed by atoms with Gasteiger partial charge in [-0.2, -0.15) is 0 Å². The fourth-order valence-electron chi connectivity index (χ4n) is 8.05. The molecule has 6 rings (SSSR count). The van der Waals surface area contributed by atoms with Crippen LogP contribution in [-0.2, 0) is 23.9 Å². The highest BCUT2D eigenvalue weighted by Gasteiger charge is 2.73. The van der Waals surface area contributed by atoms with E-state index in [2.05, 4.69) is 13.2 Å². The first-order valence-electron chi connectivity index (χ1n) is 12.4. The number of Topliss-reactive ketones (excluding diaryl/α,β-unsaturated/α-hetero) is 2. The van der Waals surface area contributed by atoms with E-state index in [9.17, 15) is 19.2 Å². The zero-order valence-electron chi connectivity index (χ0n) is 20.4. The Labute approximate surface area is 209 Å². The van der Waals surface area contributed by atoms with E-state index in [-0.39, 0.29) is 54.5 Å². The van der Waals surface area contributed by atoms with E-state index in [1.807, 2.05) is 12.3 Å². The number of esters is 2. The van der Waals surface area contributed by atoms with Crippen molar-refractivity contribution in [2.75, 3.05) is 13.2 Å². The van der Waals surface area contributed by atoms with Crippen LogP contribution in [0.1, 0.15) is 62.0 Å². The number of rotatable bonds is 5. The highest BCUT2D eigenvalue weighted by Crippen LogP contribution is 2.71. The van der Waals surface area contributed by atoms with E-state index in [0.29, 0.717) is 28.9 Å². The molecule has 0 aromatic carbocycles. The molecular weight excluding hydrogens is 464 g/mol. The van der Waals surface area contributed by atoms with Crippen molar-refractivity contribution in [3.05, 3.63) is 46.7 Å². The number of hydrogen-bond donors (Lipinski definition) is 0. The van der Waals surface area contributed by atoms with Crippen molar-refractivity contribution in [2.45, 2.75) is 52.4 Å². The van der Waals surface area contributed by atoms with Crippen molar-refractivity contribution in [1.29, 1.82) is 0 Å². The first-order chi connectivity index (χ1) is 16.6. The number of allylic oxidation sites excluding steroid dienone is 2. The molecule has 6 atom stereocenters. The maximum Gasteiger partial charge on any atom is 0.348 e. The maximum absolute atomic E-state index is 14.1. The smallest absolute Gasteiger partial charge is 0.348 e. The summed E-state index contributed by atoms with van der Waals surface area (Å²) >= 11 is 1.32. The fraction of sp³-hybridized carbons (Fsp3) is 0.571. The summed E-state index contributed by atoms with van der Waals surface area (Å²) in [7, 11) is 0. The van der Waals surface area contributed by atoms with Gasteiger partial charge in [-0.3, -0.25) is 14.4 Å². The molecule has 6 nitrogen and oxygen atoms in total. The Morgan fingerprint density at radius 3 is 2.51 bits per heavy atom. The maximum atomic E-state index is 14.1. The molecule has 1 spiro atoms. The number of ether oxygens (including phenoxy) is 2. The minimum Gasteiger partial charge on any atom is -0.465 e. The Kier molecular flexibility index (Phi) is 5.70. The Hall–Kier alpha value is -2.54. The van der Waals surface area contributed by atoms with Crippen LogP contribution in [0.25, 0.3) is 0 Å². The minimum absolute atomic E-state index is 0.0493. The topological polar surface area (TPSA) is 86.7 Å². The Morgan fingerprint density at radius 2 is 1.83 bits per heavy atom. The van der Waals surface area contributed by atoms with E-state index < -0.39 is 16.2 Å². The lowest BCUT2D eigenvalue weighted by atomic mass is 9.35. The summed E-state index contributed by atoms with van der Waals surface area (Å²) in [4.78, 5) is 52.9. The number of hydrogen-bond acceptors (Lipinski definition) is 7. The fourth-order valence-corrected chi connectivity index (χ4v) is 8.66. The summed E-state index contributed by atoms with van der Waals surface area (Å²) in [6.07, 6.45) is 4.24. The third-order valence-corrected chi connectivity index (χ3v) is 10.2. The van der Waals surface area contributed by atoms with Crippen molar-refractivity contribution < 1.29 is 28.7 Å². The van der Waals surface area contributed by atoms with Gasteiger partial charge in [-0.25, -0.2) is 4.79 Å². The van der Waals surface area contributed by atoms with Crippen LogP contribution < -0.4 is 0 Å². The van der Waals surface area contributed by atoms with Crippen molar-refractivity contribution in [2.24, 2.45) is 34.0 Å². The number of carbonyl (C=O) groups is 4. The molecule has 0 saturated heterocycles. The van der Waals surface area contributed by atoms with Crippen LogP contribution in [0.2, 0.25) is 0 Å². The molecule has 186 valence electrons. The summed E-state index contributed by atoms with van der Waals surface area (Å²) in [6.45, 7) is 12.0. The second-order valence-electron chi connectivity index (χ2n) is 11.2. The average Bonchev–Trinajstić information content (AvgIpc) is 3.38. The third kappa shape index (κ3) is 3.34.